The van der Waals surface area contributed by atoms with Crippen molar-refractivity contribution in [2.24, 2.45) is 11.7 Å². The van der Waals surface area contributed by atoms with Gasteiger partial charge in [-0.3, -0.25) is 0 Å². The van der Waals surface area contributed by atoms with Gasteiger partial charge in [-0.1, -0.05) is 6.92 Å². The van der Waals surface area contributed by atoms with Gasteiger partial charge in [0.15, 0.2) is 11.6 Å². The Morgan fingerprint density at radius 3 is 2.26 bits per heavy atom. The van der Waals surface area contributed by atoms with Crippen molar-refractivity contribution in [1.29, 1.82) is 0 Å². The van der Waals surface area contributed by atoms with E-state index in [0.717, 1.165) is 6.07 Å². The van der Waals surface area contributed by atoms with E-state index < -0.39 is 23.5 Å². The first-order valence-corrected chi connectivity index (χ1v) is 6.12. The van der Waals surface area contributed by atoms with Gasteiger partial charge in [-0.15, -0.1) is 0 Å². The van der Waals surface area contributed by atoms with E-state index in [4.69, 9.17) is 10.8 Å². The average molecular weight is 276 g/mol. The van der Waals surface area contributed by atoms with Crippen molar-refractivity contribution in [1.82, 2.24) is 5.32 Å². The Labute approximate surface area is 110 Å². The van der Waals surface area contributed by atoms with E-state index in [2.05, 4.69) is 5.32 Å². The number of hydrogen-bond acceptors (Lipinski definition) is 3. The van der Waals surface area contributed by atoms with Gasteiger partial charge in [0.05, 0.1) is 0 Å². The molecule has 0 aromatic heterocycles. The number of benzene rings is 1. The third-order valence-electron chi connectivity index (χ3n) is 3.26. The zero-order valence-electron chi connectivity index (χ0n) is 11.0. The van der Waals surface area contributed by atoms with Crippen LogP contribution in [-0.2, 0) is 0 Å². The van der Waals surface area contributed by atoms with Gasteiger partial charge in [0.25, 0.3) is 0 Å². The topological polar surface area (TPSA) is 58.3 Å². The molecule has 0 saturated carbocycles. The monoisotopic (exact) mass is 276 g/mol. The second-order valence-electron chi connectivity index (χ2n) is 4.69. The van der Waals surface area contributed by atoms with E-state index >= 15 is 0 Å². The molecule has 0 saturated heterocycles. The summed E-state index contributed by atoms with van der Waals surface area (Å²) in [6.45, 7) is 3.62. The van der Waals surface area contributed by atoms with Crippen molar-refractivity contribution >= 4 is 0 Å². The molecular weight excluding hydrogens is 257 g/mol. The van der Waals surface area contributed by atoms with Crippen molar-refractivity contribution < 1.29 is 18.3 Å². The SMILES string of the molecule is CC(CO)C(C)NC(CN)c1cc(F)c(F)cc1F. The van der Waals surface area contributed by atoms with Crippen LogP contribution in [0.1, 0.15) is 25.5 Å². The Kier molecular flexibility index (Phi) is 5.78. The molecule has 0 fully saturated rings. The normalized spacial score (nSPS) is 16.2. The first-order chi connectivity index (χ1) is 8.90. The average Bonchev–Trinajstić information content (AvgIpc) is 2.39. The van der Waals surface area contributed by atoms with Crippen LogP contribution in [-0.4, -0.2) is 24.3 Å². The van der Waals surface area contributed by atoms with Gasteiger partial charge < -0.3 is 16.2 Å². The number of nitrogens with two attached hydrogens (primary N) is 1. The molecule has 0 radical (unpaired) electrons. The van der Waals surface area contributed by atoms with Gasteiger partial charge in [-0.2, -0.15) is 0 Å². The summed E-state index contributed by atoms with van der Waals surface area (Å²) in [4.78, 5) is 0. The molecule has 19 heavy (non-hydrogen) atoms. The number of nitrogens with one attached hydrogen (secondary N) is 1. The third-order valence-corrected chi connectivity index (χ3v) is 3.26. The fourth-order valence-corrected chi connectivity index (χ4v) is 1.73. The van der Waals surface area contributed by atoms with Gasteiger partial charge in [-0.25, -0.2) is 13.2 Å². The van der Waals surface area contributed by atoms with Gasteiger partial charge in [-0.05, 0) is 18.9 Å². The highest BCUT2D eigenvalue weighted by molar-refractivity contribution is 5.24. The first-order valence-electron chi connectivity index (χ1n) is 6.12. The summed E-state index contributed by atoms with van der Waals surface area (Å²) in [5, 5.41) is 12.0. The Morgan fingerprint density at radius 2 is 1.74 bits per heavy atom. The third kappa shape index (κ3) is 3.92. The fourth-order valence-electron chi connectivity index (χ4n) is 1.73. The molecular formula is C13H19F3N2O. The molecule has 0 amide bonds. The Morgan fingerprint density at radius 1 is 1.16 bits per heavy atom. The maximum absolute atomic E-state index is 13.6. The maximum atomic E-state index is 13.6. The van der Waals surface area contributed by atoms with Gasteiger partial charge in [0.2, 0.25) is 0 Å². The van der Waals surface area contributed by atoms with Gasteiger partial charge >= 0.3 is 0 Å². The molecule has 3 atom stereocenters. The lowest BCUT2D eigenvalue weighted by atomic mass is 10.0. The van der Waals surface area contributed by atoms with Crippen molar-refractivity contribution in [2.75, 3.05) is 13.2 Å². The van der Waals surface area contributed by atoms with Crippen LogP contribution >= 0.6 is 0 Å². The van der Waals surface area contributed by atoms with Crippen LogP contribution < -0.4 is 11.1 Å². The molecule has 1 aromatic carbocycles. The molecule has 0 aliphatic heterocycles. The standard InChI is InChI=1S/C13H19F3N2O/c1-7(6-19)8(2)18-13(5-17)9-3-11(15)12(16)4-10(9)14/h3-4,7-8,13,18-19H,5-6,17H2,1-2H3. The second-order valence-corrected chi connectivity index (χ2v) is 4.69. The number of aliphatic hydroxyl groups is 1. The molecule has 4 N–H and O–H groups in total. The molecule has 0 heterocycles. The highest BCUT2D eigenvalue weighted by atomic mass is 19.2. The summed E-state index contributed by atoms with van der Waals surface area (Å²) in [6.07, 6.45) is 0. The molecule has 0 spiro atoms. The van der Waals surface area contributed by atoms with E-state index in [9.17, 15) is 13.2 Å². The van der Waals surface area contributed by atoms with Crippen molar-refractivity contribution in [2.45, 2.75) is 25.9 Å². The highest BCUT2D eigenvalue weighted by Crippen LogP contribution is 2.21. The van der Waals surface area contributed by atoms with Crippen LogP contribution in [0.5, 0.6) is 0 Å². The number of aliphatic hydroxyl groups excluding tert-OH is 1. The van der Waals surface area contributed by atoms with Crippen LogP contribution in [0.15, 0.2) is 12.1 Å². The quantitative estimate of drug-likeness (QED) is 0.693. The Balaban J connectivity index is 2.94. The van der Waals surface area contributed by atoms with Gasteiger partial charge in [0.1, 0.15) is 5.82 Å². The molecule has 0 bridgehead atoms. The van der Waals surface area contributed by atoms with Crippen LogP contribution in [0.4, 0.5) is 13.2 Å². The molecule has 6 heteroatoms. The van der Waals surface area contributed by atoms with E-state index in [-0.39, 0.29) is 30.7 Å². The number of hydrogen-bond donors (Lipinski definition) is 3. The predicted molar refractivity (Wildman–Crippen MR) is 67.0 cm³/mol. The summed E-state index contributed by atoms with van der Waals surface area (Å²) in [6, 6.07) is 0.533. The smallest absolute Gasteiger partial charge is 0.161 e. The molecule has 1 aromatic rings. The first kappa shape index (κ1) is 15.9. The van der Waals surface area contributed by atoms with Crippen molar-refractivity contribution in [3.8, 4) is 0 Å². The molecule has 0 aliphatic rings. The number of halogens is 3. The second kappa shape index (κ2) is 6.88. The van der Waals surface area contributed by atoms with E-state index in [1.165, 1.54) is 0 Å². The molecule has 3 nitrogen and oxygen atoms in total. The lowest BCUT2D eigenvalue weighted by molar-refractivity contribution is 0.201. The lowest BCUT2D eigenvalue weighted by Crippen LogP contribution is -2.40. The van der Waals surface area contributed by atoms with Crippen LogP contribution in [0.25, 0.3) is 0 Å². The van der Waals surface area contributed by atoms with E-state index in [1.807, 2.05) is 6.92 Å². The van der Waals surface area contributed by atoms with E-state index in [1.54, 1.807) is 6.92 Å². The Bertz CT molecular complexity index is 429. The van der Waals surface area contributed by atoms with E-state index in [0.29, 0.717) is 6.07 Å². The minimum atomic E-state index is -1.23. The fraction of sp³-hybridized carbons (Fsp3) is 0.538. The predicted octanol–water partition coefficient (Wildman–Crippen LogP) is 1.71. The summed E-state index contributed by atoms with van der Waals surface area (Å²) in [5.74, 6) is -3.25. The summed E-state index contributed by atoms with van der Waals surface area (Å²) < 4.78 is 39.7. The van der Waals surface area contributed by atoms with Crippen molar-refractivity contribution in [3.63, 3.8) is 0 Å². The lowest BCUT2D eigenvalue weighted by Gasteiger charge is -2.26. The molecule has 0 aliphatic carbocycles. The minimum Gasteiger partial charge on any atom is -0.396 e. The minimum absolute atomic E-state index is 0.0154. The molecule has 1 rings (SSSR count). The molecule has 3 unspecified atom stereocenters. The highest BCUT2D eigenvalue weighted by Gasteiger charge is 2.21. The van der Waals surface area contributed by atoms with Gasteiger partial charge in [0, 0.05) is 36.9 Å². The van der Waals surface area contributed by atoms with Crippen LogP contribution in [0, 0.1) is 23.4 Å². The maximum Gasteiger partial charge on any atom is 0.161 e. The molecule has 108 valence electrons. The van der Waals surface area contributed by atoms with Crippen molar-refractivity contribution in [3.05, 3.63) is 35.1 Å². The summed E-state index contributed by atoms with van der Waals surface area (Å²) in [5.41, 5.74) is 5.53. The largest absolute Gasteiger partial charge is 0.396 e. The van der Waals surface area contributed by atoms with Crippen LogP contribution in [0.3, 0.4) is 0 Å². The number of rotatable bonds is 6. The zero-order chi connectivity index (χ0) is 14.6. The van der Waals surface area contributed by atoms with Crippen LogP contribution in [0.2, 0.25) is 0 Å². The Hall–Kier alpha value is -1.11. The zero-order valence-corrected chi connectivity index (χ0v) is 11.0. The summed E-state index contributed by atoms with van der Waals surface area (Å²) >= 11 is 0. The summed E-state index contributed by atoms with van der Waals surface area (Å²) in [7, 11) is 0.